The van der Waals surface area contributed by atoms with Gasteiger partial charge in [0.15, 0.2) is 0 Å². The minimum absolute atomic E-state index is 0.353. The minimum Gasteiger partial charge on any atom is -0.388 e. The Morgan fingerprint density at radius 2 is 1.84 bits per heavy atom. The minimum atomic E-state index is -0.770. The first-order chi connectivity index (χ1) is 8.97. The molecule has 2 aromatic rings. The Bertz CT molecular complexity index is 599. The predicted octanol–water partition coefficient (Wildman–Crippen LogP) is 4.72. The van der Waals surface area contributed by atoms with Gasteiger partial charge in [0.25, 0.3) is 0 Å². The third-order valence-corrected chi connectivity index (χ3v) is 3.75. The van der Waals surface area contributed by atoms with E-state index in [-0.39, 0.29) is 5.82 Å². The normalized spacial score (nSPS) is 12.5. The largest absolute Gasteiger partial charge is 0.388 e. The summed E-state index contributed by atoms with van der Waals surface area (Å²) in [6.45, 7) is 1.84. The molecular formula is C15H13Cl2FO. The van der Waals surface area contributed by atoms with E-state index < -0.39 is 6.10 Å². The van der Waals surface area contributed by atoms with Gasteiger partial charge < -0.3 is 5.11 Å². The van der Waals surface area contributed by atoms with Crippen molar-refractivity contribution < 1.29 is 9.50 Å². The highest BCUT2D eigenvalue weighted by Crippen LogP contribution is 2.27. The summed E-state index contributed by atoms with van der Waals surface area (Å²) in [6, 6.07) is 9.59. The number of aryl methyl sites for hydroxylation is 1. The molecule has 0 heterocycles. The van der Waals surface area contributed by atoms with E-state index >= 15 is 0 Å². The number of benzene rings is 2. The highest BCUT2D eigenvalue weighted by Gasteiger charge is 2.13. The lowest BCUT2D eigenvalue weighted by Crippen LogP contribution is -2.04. The van der Waals surface area contributed by atoms with Gasteiger partial charge >= 0.3 is 0 Å². The zero-order chi connectivity index (χ0) is 14.0. The van der Waals surface area contributed by atoms with Crippen LogP contribution < -0.4 is 0 Å². The highest BCUT2D eigenvalue weighted by atomic mass is 35.5. The molecule has 0 aliphatic heterocycles. The SMILES string of the molecule is Cc1ccc(F)cc1C(O)Cc1ccc(Cl)c(Cl)c1. The van der Waals surface area contributed by atoms with Crippen LogP contribution >= 0.6 is 23.2 Å². The van der Waals surface area contributed by atoms with Crippen LogP contribution in [0.1, 0.15) is 22.8 Å². The quantitative estimate of drug-likeness (QED) is 0.869. The molecular weight excluding hydrogens is 286 g/mol. The van der Waals surface area contributed by atoms with E-state index in [1.165, 1.54) is 12.1 Å². The van der Waals surface area contributed by atoms with Crippen LogP contribution in [-0.4, -0.2) is 5.11 Å². The van der Waals surface area contributed by atoms with Gasteiger partial charge in [0.05, 0.1) is 16.1 Å². The average molecular weight is 299 g/mol. The molecule has 4 heteroatoms. The van der Waals surface area contributed by atoms with Crippen LogP contribution in [0.4, 0.5) is 4.39 Å². The molecule has 0 aromatic heterocycles. The van der Waals surface area contributed by atoms with Gasteiger partial charge in [0.2, 0.25) is 0 Å². The molecule has 2 rings (SSSR count). The fourth-order valence-electron chi connectivity index (χ4n) is 1.97. The van der Waals surface area contributed by atoms with E-state index in [2.05, 4.69) is 0 Å². The Morgan fingerprint density at radius 3 is 2.53 bits per heavy atom. The number of rotatable bonds is 3. The molecule has 1 unspecified atom stereocenters. The summed E-state index contributed by atoms with van der Waals surface area (Å²) in [4.78, 5) is 0. The van der Waals surface area contributed by atoms with Gasteiger partial charge in [-0.2, -0.15) is 0 Å². The maximum atomic E-state index is 13.2. The van der Waals surface area contributed by atoms with Crippen LogP contribution in [0.25, 0.3) is 0 Å². The van der Waals surface area contributed by atoms with Crippen LogP contribution in [0.5, 0.6) is 0 Å². The van der Waals surface area contributed by atoms with Crippen molar-refractivity contribution in [3.63, 3.8) is 0 Å². The van der Waals surface area contributed by atoms with Crippen molar-refractivity contribution in [3.8, 4) is 0 Å². The van der Waals surface area contributed by atoms with E-state index in [1.807, 2.05) is 6.92 Å². The molecule has 0 spiro atoms. The van der Waals surface area contributed by atoms with Crippen molar-refractivity contribution in [1.82, 2.24) is 0 Å². The van der Waals surface area contributed by atoms with Crippen LogP contribution in [-0.2, 0) is 6.42 Å². The molecule has 0 radical (unpaired) electrons. The standard InChI is InChI=1S/C15H13Cl2FO/c1-9-2-4-11(18)8-12(9)15(19)7-10-3-5-13(16)14(17)6-10/h2-6,8,15,19H,7H2,1H3. The summed E-state index contributed by atoms with van der Waals surface area (Å²) in [5, 5.41) is 11.1. The molecule has 1 N–H and O–H groups in total. The van der Waals surface area contributed by atoms with E-state index in [9.17, 15) is 9.50 Å². The van der Waals surface area contributed by atoms with Gasteiger partial charge in [-0.15, -0.1) is 0 Å². The molecule has 0 amide bonds. The fourth-order valence-corrected chi connectivity index (χ4v) is 2.29. The van der Waals surface area contributed by atoms with Crippen molar-refractivity contribution >= 4 is 23.2 Å². The van der Waals surface area contributed by atoms with E-state index in [0.29, 0.717) is 22.0 Å². The Hall–Kier alpha value is -1.09. The van der Waals surface area contributed by atoms with Crippen molar-refractivity contribution in [1.29, 1.82) is 0 Å². The molecule has 0 aliphatic rings. The fraction of sp³-hybridized carbons (Fsp3) is 0.200. The molecule has 1 nitrogen and oxygen atoms in total. The summed E-state index contributed by atoms with van der Waals surface area (Å²) in [6.07, 6.45) is -0.408. The highest BCUT2D eigenvalue weighted by molar-refractivity contribution is 6.42. The van der Waals surface area contributed by atoms with Crippen LogP contribution in [0.3, 0.4) is 0 Å². The third kappa shape index (κ3) is 3.47. The summed E-state index contributed by atoms with van der Waals surface area (Å²) in [7, 11) is 0. The molecule has 1 atom stereocenters. The van der Waals surface area contributed by atoms with Gasteiger partial charge in [-0.1, -0.05) is 35.3 Å². The molecule has 100 valence electrons. The zero-order valence-electron chi connectivity index (χ0n) is 10.3. The van der Waals surface area contributed by atoms with Gasteiger partial charge in [0, 0.05) is 6.42 Å². The topological polar surface area (TPSA) is 20.2 Å². The number of hydrogen-bond donors (Lipinski definition) is 1. The molecule has 0 bridgehead atoms. The molecule has 0 aliphatic carbocycles. The second kappa shape index (κ2) is 5.91. The lowest BCUT2D eigenvalue weighted by molar-refractivity contribution is 0.177. The smallest absolute Gasteiger partial charge is 0.123 e. The number of hydrogen-bond acceptors (Lipinski definition) is 1. The summed E-state index contributed by atoms with van der Waals surface area (Å²) >= 11 is 11.8. The number of halogens is 3. The first-order valence-corrected chi connectivity index (χ1v) is 6.61. The summed E-state index contributed by atoms with van der Waals surface area (Å²) in [5.41, 5.74) is 2.30. The second-order valence-electron chi connectivity index (χ2n) is 4.47. The van der Waals surface area contributed by atoms with Crippen molar-refractivity contribution in [2.75, 3.05) is 0 Å². The molecule has 0 fully saturated rings. The maximum absolute atomic E-state index is 13.2. The van der Waals surface area contributed by atoms with Crippen LogP contribution in [0.15, 0.2) is 36.4 Å². The van der Waals surface area contributed by atoms with Gasteiger partial charge in [-0.3, -0.25) is 0 Å². The second-order valence-corrected chi connectivity index (χ2v) is 5.28. The van der Waals surface area contributed by atoms with Gasteiger partial charge in [0.1, 0.15) is 5.82 Å². The monoisotopic (exact) mass is 298 g/mol. The van der Waals surface area contributed by atoms with E-state index in [1.54, 1.807) is 24.3 Å². The Morgan fingerprint density at radius 1 is 1.11 bits per heavy atom. The lowest BCUT2D eigenvalue weighted by Gasteiger charge is -2.14. The van der Waals surface area contributed by atoms with E-state index in [4.69, 9.17) is 23.2 Å². The number of aliphatic hydroxyl groups excluding tert-OH is 1. The first kappa shape index (κ1) is 14.3. The van der Waals surface area contributed by atoms with Crippen LogP contribution in [0, 0.1) is 12.7 Å². The average Bonchev–Trinajstić information content (AvgIpc) is 2.36. The molecule has 2 aromatic carbocycles. The maximum Gasteiger partial charge on any atom is 0.123 e. The summed E-state index contributed by atoms with van der Waals surface area (Å²) in [5.74, 6) is -0.353. The van der Waals surface area contributed by atoms with Crippen molar-refractivity contribution in [2.45, 2.75) is 19.4 Å². The summed E-state index contributed by atoms with van der Waals surface area (Å²) < 4.78 is 13.2. The van der Waals surface area contributed by atoms with Gasteiger partial charge in [-0.25, -0.2) is 4.39 Å². The Labute approximate surface area is 121 Å². The molecule has 19 heavy (non-hydrogen) atoms. The predicted molar refractivity (Wildman–Crippen MR) is 76.3 cm³/mol. The van der Waals surface area contributed by atoms with E-state index in [0.717, 1.165) is 11.1 Å². The van der Waals surface area contributed by atoms with Crippen molar-refractivity contribution in [2.24, 2.45) is 0 Å². The Kier molecular flexibility index (Phi) is 4.46. The number of aliphatic hydroxyl groups is 1. The lowest BCUT2D eigenvalue weighted by atomic mass is 9.97. The zero-order valence-corrected chi connectivity index (χ0v) is 11.8. The molecule has 0 saturated heterocycles. The van der Waals surface area contributed by atoms with Crippen LogP contribution in [0.2, 0.25) is 10.0 Å². The van der Waals surface area contributed by atoms with Gasteiger partial charge in [-0.05, 0) is 47.9 Å². The Balaban J connectivity index is 2.22. The molecule has 0 saturated carbocycles. The third-order valence-electron chi connectivity index (χ3n) is 3.01. The van der Waals surface area contributed by atoms with Crippen molar-refractivity contribution in [3.05, 3.63) is 69.0 Å². The first-order valence-electron chi connectivity index (χ1n) is 5.85.